The highest BCUT2D eigenvalue weighted by molar-refractivity contribution is 6.30. The first-order valence-corrected chi connectivity index (χ1v) is 15.6. The summed E-state index contributed by atoms with van der Waals surface area (Å²) in [6, 6.07) is 56.1. The molecular weight excluding hydrogens is 544 g/mol. The Hall–Kier alpha value is -5.79. The van der Waals surface area contributed by atoms with Gasteiger partial charge in [-0.3, -0.25) is 4.79 Å². The average Bonchev–Trinajstić information content (AvgIpc) is 3.59. The number of carbonyl (C=O) groups excluding carboxylic acids is 1. The van der Waals surface area contributed by atoms with Gasteiger partial charge in [-0.15, -0.1) is 0 Å². The van der Waals surface area contributed by atoms with Crippen molar-refractivity contribution in [2.24, 2.45) is 0 Å². The van der Waals surface area contributed by atoms with Gasteiger partial charge in [-0.1, -0.05) is 146 Å². The molecule has 1 nitrogen and oxygen atoms in total. The second-order valence-corrected chi connectivity index (χ2v) is 12.3. The summed E-state index contributed by atoms with van der Waals surface area (Å²) in [5.41, 5.74) is 11.3. The van der Waals surface area contributed by atoms with Crippen molar-refractivity contribution >= 4 is 38.1 Å². The van der Waals surface area contributed by atoms with Crippen LogP contribution in [-0.4, -0.2) is 5.78 Å². The molecule has 10 rings (SSSR count). The van der Waals surface area contributed by atoms with Gasteiger partial charge in [-0.2, -0.15) is 0 Å². The summed E-state index contributed by atoms with van der Waals surface area (Å²) >= 11 is 0. The average molecular weight is 571 g/mol. The number of ketones is 1. The van der Waals surface area contributed by atoms with Gasteiger partial charge in [0.05, 0.1) is 5.41 Å². The van der Waals surface area contributed by atoms with E-state index >= 15 is 0 Å². The number of benzene rings is 8. The van der Waals surface area contributed by atoms with E-state index < -0.39 is 0 Å². The molecular formula is C44H26O. The summed E-state index contributed by atoms with van der Waals surface area (Å²) in [6.07, 6.45) is 0. The maximum Gasteiger partial charge on any atom is 0.193 e. The molecule has 1 spiro atoms. The normalized spacial score (nSPS) is 13.6. The zero-order chi connectivity index (χ0) is 29.7. The summed E-state index contributed by atoms with van der Waals surface area (Å²) in [5, 5.41) is 7.79. The molecule has 0 unspecified atom stereocenters. The van der Waals surface area contributed by atoms with E-state index in [0.29, 0.717) is 11.1 Å². The summed E-state index contributed by atoms with van der Waals surface area (Å²) < 4.78 is 0. The van der Waals surface area contributed by atoms with Gasteiger partial charge in [0, 0.05) is 11.1 Å². The number of hydrogen-bond donors (Lipinski definition) is 0. The molecule has 2 aliphatic rings. The standard InChI is InChI=1S/C44H26O/c45-43(27-11-2-1-3-12-27)30-14-8-13-28(25-30)29-23-24-31-34-17-9-21-39-41(34)42-35(36(31)26-29)18-10-22-40(42)44(39)37-19-6-4-15-32(37)33-16-5-7-20-38(33)44/h1-26H. The van der Waals surface area contributed by atoms with Crippen molar-refractivity contribution in [2.75, 3.05) is 0 Å². The van der Waals surface area contributed by atoms with E-state index in [1.165, 1.54) is 65.7 Å². The first-order valence-electron chi connectivity index (χ1n) is 15.6. The molecule has 0 aliphatic heterocycles. The Labute approximate surface area is 261 Å². The van der Waals surface area contributed by atoms with E-state index in [0.717, 1.165) is 11.1 Å². The van der Waals surface area contributed by atoms with E-state index in [9.17, 15) is 4.79 Å². The Balaban J connectivity index is 1.25. The summed E-state index contributed by atoms with van der Waals surface area (Å²) in [6.45, 7) is 0. The zero-order valence-corrected chi connectivity index (χ0v) is 24.4. The van der Waals surface area contributed by atoms with E-state index in [1.54, 1.807) is 0 Å². The van der Waals surface area contributed by atoms with Crippen LogP contribution in [0.2, 0.25) is 0 Å². The lowest BCUT2D eigenvalue weighted by molar-refractivity contribution is 0.103. The van der Waals surface area contributed by atoms with Crippen LogP contribution in [-0.2, 0) is 5.41 Å². The van der Waals surface area contributed by atoms with Gasteiger partial charge in [0.1, 0.15) is 0 Å². The monoisotopic (exact) mass is 570 g/mol. The summed E-state index contributed by atoms with van der Waals surface area (Å²) in [7, 11) is 0. The molecule has 208 valence electrons. The van der Waals surface area contributed by atoms with Crippen molar-refractivity contribution in [2.45, 2.75) is 5.41 Å². The van der Waals surface area contributed by atoms with Crippen molar-refractivity contribution in [3.8, 4) is 22.3 Å². The minimum Gasteiger partial charge on any atom is -0.289 e. The molecule has 0 aromatic heterocycles. The van der Waals surface area contributed by atoms with Gasteiger partial charge in [0.25, 0.3) is 0 Å². The van der Waals surface area contributed by atoms with Crippen molar-refractivity contribution in [3.63, 3.8) is 0 Å². The first kappa shape index (κ1) is 24.6. The first-order chi connectivity index (χ1) is 22.2. The Kier molecular flexibility index (Phi) is 4.86. The smallest absolute Gasteiger partial charge is 0.193 e. The molecule has 0 radical (unpaired) electrons. The van der Waals surface area contributed by atoms with E-state index in [1.807, 2.05) is 48.5 Å². The number of fused-ring (bicyclic) bond motifs is 10. The van der Waals surface area contributed by atoms with Crippen LogP contribution in [0.25, 0.3) is 54.6 Å². The number of rotatable bonds is 3. The second-order valence-electron chi connectivity index (χ2n) is 12.3. The highest BCUT2D eigenvalue weighted by Crippen LogP contribution is 2.63. The van der Waals surface area contributed by atoms with E-state index in [-0.39, 0.29) is 11.2 Å². The Morgan fingerprint density at radius 2 is 0.911 bits per heavy atom. The van der Waals surface area contributed by atoms with Gasteiger partial charge < -0.3 is 0 Å². The van der Waals surface area contributed by atoms with Gasteiger partial charge in [0.15, 0.2) is 5.78 Å². The molecule has 0 saturated heterocycles. The molecule has 0 saturated carbocycles. The predicted molar refractivity (Wildman–Crippen MR) is 185 cm³/mol. The Morgan fingerprint density at radius 1 is 0.378 bits per heavy atom. The molecule has 1 heteroatoms. The van der Waals surface area contributed by atoms with E-state index in [4.69, 9.17) is 0 Å². The number of carbonyl (C=O) groups is 1. The SMILES string of the molecule is O=C(c1ccccc1)c1cccc(-c2ccc3c(c2)c2cccc4c2c2c(cccc32)C42c3ccccc3-c3ccccc32)c1. The van der Waals surface area contributed by atoms with Crippen molar-refractivity contribution in [1.82, 2.24) is 0 Å². The van der Waals surface area contributed by atoms with Crippen molar-refractivity contribution < 1.29 is 4.79 Å². The Bertz CT molecular complexity index is 2510. The van der Waals surface area contributed by atoms with Gasteiger partial charge in [-0.25, -0.2) is 0 Å². The van der Waals surface area contributed by atoms with Crippen LogP contribution in [0.5, 0.6) is 0 Å². The third-order valence-corrected chi connectivity index (χ3v) is 10.2. The largest absolute Gasteiger partial charge is 0.289 e. The third kappa shape index (κ3) is 3.10. The van der Waals surface area contributed by atoms with Gasteiger partial charge >= 0.3 is 0 Å². The highest BCUT2D eigenvalue weighted by Gasteiger charge is 2.50. The molecule has 0 heterocycles. The van der Waals surface area contributed by atoms with Crippen LogP contribution in [0.15, 0.2) is 158 Å². The lowest BCUT2D eigenvalue weighted by Gasteiger charge is -2.30. The fourth-order valence-corrected chi connectivity index (χ4v) is 8.46. The minimum absolute atomic E-state index is 0.0418. The Morgan fingerprint density at radius 3 is 1.60 bits per heavy atom. The fraction of sp³-hybridized carbons (Fsp3) is 0.0227. The molecule has 0 N–H and O–H groups in total. The van der Waals surface area contributed by atoms with Crippen LogP contribution in [0.4, 0.5) is 0 Å². The molecule has 45 heavy (non-hydrogen) atoms. The number of hydrogen-bond acceptors (Lipinski definition) is 1. The molecule has 2 aliphatic carbocycles. The summed E-state index contributed by atoms with van der Waals surface area (Å²) in [5.74, 6) is 0.0418. The molecule has 0 bridgehead atoms. The maximum absolute atomic E-state index is 13.3. The molecule has 8 aromatic carbocycles. The molecule has 0 atom stereocenters. The van der Waals surface area contributed by atoms with Crippen LogP contribution in [0.3, 0.4) is 0 Å². The second kappa shape index (κ2) is 8.87. The van der Waals surface area contributed by atoms with Crippen molar-refractivity contribution in [1.29, 1.82) is 0 Å². The topological polar surface area (TPSA) is 17.1 Å². The lowest BCUT2D eigenvalue weighted by atomic mass is 9.70. The van der Waals surface area contributed by atoms with Crippen LogP contribution < -0.4 is 0 Å². The fourth-order valence-electron chi connectivity index (χ4n) is 8.46. The van der Waals surface area contributed by atoms with Crippen LogP contribution >= 0.6 is 0 Å². The quantitative estimate of drug-likeness (QED) is 0.153. The lowest BCUT2D eigenvalue weighted by Crippen LogP contribution is -2.25. The predicted octanol–water partition coefficient (Wildman–Crippen LogP) is 10.7. The third-order valence-electron chi connectivity index (χ3n) is 10.2. The van der Waals surface area contributed by atoms with Crippen molar-refractivity contribution in [3.05, 3.63) is 191 Å². The molecule has 0 fully saturated rings. The summed E-state index contributed by atoms with van der Waals surface area (Å²) in [4.78, 5) is 13.3. The minimum atomic E-state index is -0.346. The van der Waals surface area contributed by atoms with Gasteiger partial charge in [-0.05, 0) is 89.0 Å². The maximum atomic E-state index is 13.3. The van der Waals surface area contributed by atoms with Gasteiger partial charge in [0.2, 0.25) is 0 Å². The molecule has 8 aromatic rings. The molecule has 0 amide bonds. The van der Waals surface area contributed by atoms with Crippen LogP contribution in [0.1, 0.15) is 38.2 Å². The highest BCUT2D eigenvalue weighted by atomic mass is 16.1. The zero-order valence-electron chi connectivity index (χ0n) is 24.4. The van der Waals surface area contributed by atoms with E-state index in [2.05, 4.69) is 109 Å². The van der Waals surface area contributed by atoms with Crippen LogP contribution in [0, 0.1) is 0 Å².